The average Bonchev–Trinajstić information content (AvgIpc) is 2.49. The highest BCUT2D eigenvalue weighted by Crippen LogP contribution is 2.04. The number of methoxy groups -OCH3 is 1. The second-order valence-electron chi connectivity index (χ2n) is 5.52. The topological polar surface area (TPSA) is 75.7 Å². The Morgan fingerprint density at radius 3 is 2.43 bits per heavy atom. The maximum absolute atomic E-state index is 11.9. The van der Waals surface area contributed by atoms with Crippen LogP contribution in [0.2, 0.25) is 0 Å². The van der Waals surface area contributed by atoms with Gasteiger partial charge in [0, 0.05) is 39.8 Å². The maximum atomic E-state index is 11.9. The number of nitrogens with zero attached hydrogens (tertiary/aromatic N) is 1. The smallest absolute Gasteiger partial charge is 0.221 e. The number of hydrogen-bond acceptors (Lipinski definition) is 4. The fourth-order valence-corrected chi connectivity index (χ4v) is 2.93. The molecule has 1 rings (SSSR count). The molecule has 0 saturated heterocycles. The second-order valence-corrected chi connectivity index (χ2v) is 7.50. The van der Waals surface area contributed by atoms with Gasteiger partial charge in [0.25, 0.3) is 0 Å². The standard InChI is InChI=1S/C16H26N2O4S/c1-14-5-7-15(8-6-14)13-17-16(19)9-11-18(23(3,20)21)10-4-12-22-2/h5-8H,4,9-13H2,1-3H3,(H,17,19). The van der Waals surface area contributed by atoms with E-state index < -0.39 is 10.0 Å². The zero-order valence-electron chi connectivity index (χ0n) is 14.0. The molecule has 1 N–H and O–H groups in total. The fraction of sp³-hybridized carbons (Fsp3) is 0.562. The van der Waals surface area contributed by atoms with Crippen LogP contribution in [0.3, 0.4) is 0 Å². The summed E-state index contributed by atoms with van der Waals surface area (Å²) >= 11 is 0. The molecule has 0 aliphatic rings. The highest BCUT2D eigenvalue weighted by Gasteiger charge is 2.17. The molecule has 0 saturated carbocycles. The highest BCUT2D eigenvalue weighted by atomic mass is 32.2. The minimum Gasteiger partial charge on any atom is -0.385 e. The predicted octanol–water partition coefficient (Wildman–Crippen LogP) is 1.30. The van der Waals surface area contributed by atoms with Crippen LogP contribution in [0.1, 0.15) is 24.0 Å². The van der Waals surface area contributed by atoms with E-state index in [2.05, 4.69) is 5.32 Å². The Bertz CT molecular complexity index is 585. The lowest BCUT2D eigenvalue weighted by atomic mass is 10.1. The molecule has 130 valence electrons. The van der Waals surface area contributed by atoms with Gasteiger partial charge in [-0.15, -0.1) is 0 Å². The molecular weight excluding hydrogens is 316 g/mol. The third kappa shape index (κ3) is 8.11. The van der Waals surface area contributed by atoms with Crippen molar-refractivity contribution in [3.05, 3.63) is 35.4 Å². The quantitative estimate of drug-likeness (QED) is 0.650. The van der Waals surface area contributed by atoms with Gasteiger partial charge in [-0.25, -0.2) is 12.7 Å². The van der Waals surface area contributed by atoms with Gasteiger partial charge < -0.3 is 10.1 Å². The number of sulfonamides is 1. The Morgan fingerprint density at radius 2 is 1.87 bits per heavy atom. The number of nitrogens with one attached hydrogen (secondary N) is 1. The summed E-state index contributed by atoms with van der Waals surface area (Å²) in [5.74, 6) is -0.161. The highest BCUT2D eigenvalue weighted by molar-refractivity contribution is 7.88. The van der Waals surface area contributed by atoms with Gasteiger partial charge in [-0.3, -0.25) is 4.79 Å². The zero-order chi connectivity index (χ0) is 17.3. The van der Waals surface area contributed by atoms with Gasteiger partial charge in [0.1, 0.15) is 0 Å². The van der Waals surface area contributed by atoms with Crippen LogP contribution in [-0.4, -0.2) is 51.7 Å². The van der Waals surface area contributed by atoms with E-state index in [1.165, 1.54) is 9.87 Å². The van der Waals surface area contributed by atoms with Gasteiger partial charge in [0.15, 0.2) is 0 Å². The molecule has 0 aliphatic heterocycles. The fourth-order valence-electron chi connectivity index (χ4n) is 2.05. The number of amides is 1. The van der Waals surface area contributed by atoms with Crippen LogP contribution in [0.4, 0.5) is 0 Å². The third-order valence-electron chi connectivity index (χ3n) is 3.42. The van der Waals surface area contributed by atoms with Crippen molar-refractivity contribution < 1.29 is 17.9 Å². The molecule has 0 atom stereocenters. The number of aryl methyl sites for hydroxylation is 1. The summed E-state index contributed by atoms with van der Waals surface area (Å²) in [5, 5.41) is 2.81. The number of hydrogen-bond donors (Lipinski definition) is 1. The molecule has 0 unspecified atom stereocenters. The van der Waals surface area contributed by atoms with Crippen molar-refractivity contribution in [3.63, 3.8) is 0 Å². The van der Waals surface area contributed by atoms with Crippen molar-refractivity contribution in [1.29, 1.82) is 0 Å². The molecule has 23 heavy (non-hydrogen) atoms. The lowest BCUT2D eigenvalue weighted by molar-refractivity contribution is -0.121. The van der Waals surface area contributed by atoms with Crippen molar-refractivity contribution >= 4 is 15.9 Å². The molecule has 0 radical (unpaired) electrons. The third-order valence-corrected chi connectivity index (χ3v) is 4.73. The van der Waals surface area contributed by atoms with E-state index in [-0.39, 0.29) is 18.9 Å². The van der Waals surface area contributed by atoms with E-state index in [1.807, 2.05) is 31.2 Å². The van der Waals surface area contributed by atoms with Crippen LogP contribution in [0.5, 0.6) is 0 Å². The first-order valence-electron chi connectivity index (χ1n) is 7.59. The summed E-state index contributed by atoms with van der Waals surface area (Å²) in [6, 6.07) is 7.90. The van der Waals surface area contributed by atoms with Gasteiger partial charge in [0.2, 0.25) is 15.9 Å². The van der Waals surface area contributed by atoms with Gasteiger partial charge in [0.05, 0.1) is 6.26 Å². The molecule has 1 aromatic carbocycles. The average molecular weight is 342 g/mol. The number of benzene rings is 1. The van der Waals surface area contributed by atoms with Crippen LogP contribution in [0.15, 0.2) is 24.3 Å². The Kier molecular flexibility index (Phi) is 8.22. The van der Waals surface area contributed by atoms with E-state index in [9.17, 15) is 13.2 Å². The molecule has 0 heterocycles. The lowest BCUT2D eigenvalue weighted by Crippen LogP contribution is -2.35. The first-order chi connectivity index (χ1) is 10.8. The summed E-state index contributed by atoms with van der Waals surface area (Å²) in [4.78, 5) is 11.9. The Hall–Kier alpha value is -1.44. The van der Waals surface area contributed by atoms with Gasteiger partial charge in [-0.1, -0.05) is 29.8 Å². The van der Waals surface area contributed by atoms with Gasteiger partial charge in [-0.2, -0.15) is 0 Å². The van der Waals surface area contributed by atoms with E-state index in [0.717, 1.165) is 11.8 Å². The minimum absolute atomic E-state index is 0.145. The van der Waals surface area contributed by atoms with Gasteiger partial charge >= 0.3 is 0 Å². The summed E-state index contributed by atoms with van der Waals surface area (Å²) in [5.41, 5.74) is 2.18. The Labute approximate surface area is 138 Å². The first kappa shape index (κ1) is 19.6. The maximum Gasteiger partial charge on any atom is 0.221 e. The zero-order valence-corrected chi connectivity index (χ0v) is 14.9. The van der Waals surface area contributed by atoms with E-state index >= 15 is 0 Å². The molecule has 1 amide bonds. The van der Waals surface area contributed by atoms with Crippen LogP contribution >= 0.6 is 0 Å². The van der Waals surface area contributed by atoms with Crippen LogP contribution in [0, 0.1) is 6.92 Å². The van der Waals surface area contributed by atoms with Crippen LogP contribution in [0.25, 0.3) is 0 Å². The van der Waals surface area contributed by atoms with Gasteiger partial charge in [-0.05, 0) is 18.9 Å². The second kappa shape index (κ2) is 9.64. The summed E-state index contributed by atoms with van der Waals surface area (Å²) in [6.45, 7) is 3.49. The number of carbonyl (C=O) groups is 1. The largest absolute Gasteiger partial charge is 0.385 e. The molecule has 7 heteroatoms. The van der Waals surface area contributed by atoms with Crippen molar-refractivity contribution in [2.45, 2.75) is 26.3 Å². The summed E-state index contributed by atoms with van der Waals surface area (Å²) in [6.07, 6.45) is 1.91. The molecule has 6 nitrogen and oxygen atoms in total. The normalized spacial score (nSPS) is 11.7. The van der Waals surface area contributed by atoms with Crippen LogP contribution in [-0.2, 0) is 26.1 Å². The van der Waals surface area contributed by atoms with E-state index in [4.69, 9.17) is 4.74 Å². The van der Waals surface area contributed by atoms with E-state index in [1.54, 1.807) is 7.11 Å². The predicted molar refractivity (Wildman–Crippen MR) is 90.6 cm³/mol. The SMILES string of the molecule is COCCCN(CCC(=O)NCc1ccc(C)cc1)S(C)(=O)=O. The lowest BCUT2D eigenvalue weighted by Gasteiger charge is -2.19. The molecular formula is C16H26N2O4S. The Balaban J connectivity index is 2.40. The summed E-state index contributed by atoms with van der Waals surface area (Å²) < 4.78 is 29.6. The van der Waals surface area contributed by atoms with Crippen molar-refractivity contribution in [1.82, 2.24) is 9.62 Å². The summed E-state index contributed by atoms with van der Waals surface area (Å²) in [7, 11) is -1.74. The first-order valence-corrected chi connectivity index (χ1v) is 9.44. The molecule has 1 aromatic rings. The molecule has 0 fully saturated rings. The number of carbonyl (C=O) groups excluding carboxylic acids is 1. The molecule has 0 bridgehead atoms. The molecule has 0 aromatic heterocycles. The van der Waals surface area contributed by atoms with Crippen molar-refractivity contribution in [3.8, 4) is 0 Å². The monoisotopic (exact) mass is 342 g/mol. The van der Waals surface area contributed by atoms with Crippen molar-refractivity contribution in [2.75, 3.05) is 33.1 Å². The molecule has 0 aliphatic carbocycles. The van der Waals surface area contributed by atoms with E-state index in [0.29, 0.717) is 26.1 Å². The molecule has 0 spiro atoms. The number of rotatable bonds is 10. The Morgan fingerprint density at radius 1 is 1.22 bits per heavy atom. The minimum atomic E-state index is -3.32. The van der Waals surface area contributed by atoms with Crippen molar-refractivity contribution in [2.24, 2.45) is 0 Å². The van der Waals surface area contributed by atoms with Crippen LogP contribution < -0.4 is 5.32 Å². The number of ether oxygens (including phenoxy) is 1.